The van der Waals surface area contributed by atoms with E-state index in [9.17, 15) is 19.1 Å². The molecule has 0 unspecified atom stereocenters. The SMILES string of the molecule is NCC1(C(=O)Nc2ccc(=O)n(Cc3cccc(F)c3)c2)CC(O)C1. The summed E-state index contributed by atoms with van der Waals surface area (Å²) in [7, 11) is 0. The third kappa shape index (κ3) is 3.62. The first kappa shape index (κ1) is 17.3. The number of anilines is 1. The van der Waals surface area contributed by atoms with E-state index in [1.165, 1.54) is 35.0 Å². The molecule has 4 N–H and O–H groups in total. The largest absolute Gasteiger partial charge is 0.393 e. The molecule has 0 aliphatic heterocycles. The van der Waals surface area contributed by atoms with Gasteiger partial charge in [-0.05, 0) is 36.6 Å². The summed E-state index contributed by atoms with van der Waals surface area (Å²) in [5.41, 5.74) is 5.78. The number of amides is 1. The average molecular weight is 345 g/mol. The first-order chi connectivity index (χ1) is 11.9. The van der Waals surface area contributed by atoms with Crippen molar-refractivity contribution in [2.45, 2.75) is 25.5 Å². The molecule has 6 nitrogen and oxygen atoms in total. The topological polar surface area (TPSA) is 97.4 Å². The van der Waals surface area contributed by atoms with Crippen LogP contribution in [0.5, 0.6) is 0 Å². The summed E-state index contributed by atoms with van der Waals surface area (Å²) >= 11 is 0. The van der Waals surface area contributed by atoms with E-state index in [1.807, 2.05) is 0 Å². The molecule has 3 rings (SSSR count). The lowest BCUT2D eigenvalue weighted by Gasteiger charge is -2.42. The molecule has 1 aliphatic rings. The fourth-order valence-electron chi connectivity index (χ4n) is 3.11. The van der Waals surface area contributed by atoms with Crippen molar-refractivity contribution in [3.05, 3.63) is 64.3 Å². The standard InChI is InChI=1S/C18H20FN3O3/c19-13-3-1-2-12(6-13)9-22-10-14(4-5-16(22)24)21-17(25)18(11-20)7-15(23)8-18/h1-6,10,15,23H,7-9,11,20H2,(H,21,25). The van der Waals surface area contributed by atoms with E-state index in [2.05, 4.69) is 5.32 Å². The Morgan fingerprint density at radius 2 is 2.12 bits per heavy atom. The van der Waals surface area contributed by atoms with Crippen LogP contribution >= 0.6 is 0 Å². The summed E-state index contributed by atoms with van der Waals surface area (Å²) in [5, 5.41) is 12.2. The first-order valence-electron chi connectivity index (χ1n) is 8.06. The molecule has 2 aromatic rings. The summed E-state index contributed by atoms with van der Waals surface area (Å²) < 4.78 is 14.7. The third-order valence-corrected chi connectivity index (χ3v) is 4.61. The van der Waals surface area contributed by atoms with Crippen LogP contribution in [0.3, 0.4) is 0 Å². The number of rotatable bonds is 5. The van der Waals surface area contributed by atoms with E-state index in [4.69, 9.17) is 5.73 Å². The van der Waals surface area contributed by atoms with Gasteiger partial charge in [0.15, 0.2) is 0 Å². The third-order valence-electron chi connectivity index (χ3n) is 4.61. The Morgan fingerprint density at radius 3 is 2.76 bits per heavy atom. The van der Waals surface area contributed by atoms with Crippen LogP contribution in [0.2, 0.25) is 0 Å². The van der Waals surface area contributed by atoms with Crippen LogP contribution in [-0.2, 0) is 11.3 Å². The van der Waals surface area contributed by atoms with Crippen LogP contribution in [0.4, 0.5) is 10.1 Å². The number of hydrogen-bond donors (Lipinski definition) is 3. The molecular formula is C18H20FN3O3. The molecule has 1 fully saturated rings. The highest BCUT2D eigenvalue weighted by molar-refractivity contribution is 5.96. The maximum atomic E-state index is 13.3. The van der Waals surface area contributed by atoms with Crippen LogP contribution < -0.4 is 16.6 Å². The van der Waals surface area contributed by atoms with Crippen LogP contribution in [0.1, 0.15) is 18.4 Å². The minimum atomic E-state index is -0.761. The van der Waals surface area contributed by atoms with Crippen molar-refractivity contribution >= 4 is 11.6 Å². The van der Waals surface area contributed by atoms with E-state index in [0.717, 1.165) is 0 Å². The number of carbonyl (C=O) groups excluding carboxylic acids is 1. The smallest absolute Gasteiger partial charge is 0.250 e. The second-order valence-electron chi connectivity index (χ2n) is 6.51. The van der Waals surface area contributed by atoms with Gasteiger partial charge in [-0.1, -0.05) is 12.1 Å². The number of aliphatic hydroxyl groups excluding tert-OH is 1. The number of pyridine rings is 1. The summed E-state index contributed by atoms with van der Waals surface area (Å²) in [6.45, 7) is 0.347. The van der Waals surface area contributed by atoms with E-state index in [0.29, 0.717) is 24.1 Å². The predicted molar refractivity (Wildman–Crippen MR) is 91.6 cm³/mol. The second-order valence-corrected chi connectivity index (χ2v) is 6.51. The molecular weight excluding hydrogens is 325 g/mol. The Morgan fingerprint density at radius 1 is 1.36 bits per heavy atom. The number of aliphatic hydroxyl groups is 1. The van der Waals surface area contributed by atoms with Gasteiger partial charge in [0, 0.05) is 18.8 Å². The molecule has 0 saturated heterocycles. The lowest BCUT2D eigenvalue weighted by molar-refractivity contribution is -0.137. The summed E-state index contributed by atoms with van der Waals surface area (Å²) in [6, 6.07) is 8.86. The van der Waals surface area contributed by atoms with Gasteiger partial charge in [0.2, 0.25) is 5.91 Å². The van der Waals surface area contributed by atoms with Crippen LogP contribution in [-0.4, -0.2) is 28.2 Å². The number of nitrogens with two attached hydrogens (primary N) is 1. The fourth-order valence-corrected chi connectivity index (χ4v) is 3.11. The number of aromatic nitrogens is 1. The van der Waals surface area contributed by atoms with Gasteiger partial charge in [0.1, 0.15) is 5.82 Å². The number of nitrogens with one attached hydrogen (secondary N) is 1. The zero-order chi connectivity index (χ0) is 18.0. The van der Waals surface area contributed by atoms with E-state index in [-0.39, 0.29) is 30.4 Å². The maximum absolute atomic E-state index is 13.3. The lowest BCUT2D eigenvalue weighted by atomic mass is 9.66. The van der Waals surface area contributed by atoms with Crippen LogP contribution in [0.15, 0.2) is 47.4 Å². The number of benzene rings is 1. The van der Waals surface area contributed by atoms with Crippen molar-refractivity contribution in [2.75, 3.05) is 11.9 Å². The summed E-state index contributed by atoms with van der Waals surface area (Å²) in [5.74, 6) is -0.639. The first-order valence-corrected chi connectivity index (χ1v) is 8.06. The molecule has 1 amide bonds. The van der Waals surface area contributed by atoms with Crippen molar-refractivity contribution < 1.29 is 14.3 Å². The molecule has 1 aromatic carbocycles. The van der Waals surface area contributed by atoms with Gasteiger partial charge in [-0.3, -0.25) is 9.59 Å². The van der Waals surface area contributed by atoms with Crippen molar-refractivity contribution in [3.8, 4) is 0 Å². The minimum absolute atomic E-state index is 0.152. The van der Waals surface area contributed by atoms with Gasteiger partial charge >= 0.3 is 0 Å². The van der Waals surface area contributed by atoms with Crippen LogP contribution in [0, 0.1) is 11.2 Å². The molecule has 0 spiro atoms. The molecule has 0 radical (unpaired) electrons. The highest BCUT2D eigenvalue weighted by Crippen LogP contribution is 2.41. The zero-order valence-corrected chi connectivity index (χ0v) is 13.6. The van der Waals surface area contributed by atoms with Gasteiger partial charge < -0.3 is 20.7 Å². The predicted octanol–water partition coefficient (Wildman–Crippen LogP) is 1.07. The van der Waals surface area contributed by atoms with E-state index < -0.39 is 11.5 Å². The molecule has 1 aromatic heterocycles. The Kier molecular flexibility index (Phi) is 4.69. The van der Waals surface area contributed by atoms with Gasteiger partial charge in [-0.2, -0.15) is 0 Å². The van der Waals surface area contributed by atoms with Crippen LogP contribution in [0.25, 0.3) is 0 Å². The van der Waals surface area contributed by atoms with E-state index >= 15 is 0 Å². The number of nitrogens with zero attached hydrogens (tertiary/aromatic N) is 1. The van der Waals surface area contributed by atoms with E-state index in [1.54, 1.807) is 12.1 Å². The molecule has 0 atom stereocenters. The molecule has 132 valence electrons. The van der Waals surface area contributed by atoms with Crippen molar-refractivity contribution in [3.63, 3.8) is 0 Å². The maximum Gasteiger partial charge on any atom is 0.250 e. The molecule has 1 heterocycles. The highest BCUT2D eigenvalue weighted by atomic mass is 19.1. The number of hydrogen-bond acceptors (Lipinski definition) is 4. The second kappa shape index (κ2) is 6.78. The quantitative estimate of drug-likeness (QED) is 0.755. The Hall–Kier alpha value is -2.51. The lowest BCUT2D eigenvalue weighted by Crippen LogP contribution is -2.53. The van der Waals surface area contributed by atoms with Gasteiger partial charge in [0.05, 0.1) is 23.8 Å². The Balaban J connectivity index is 1.77. The Labute approximate surface area is 144 Å². The van der Waals surface area contributed by atoms with Crippen molar-refractivity contribution in [2.24, 2.45) is 11.1 Å². The Bertz CT molecular complexity index is 843. The summed E-state index contributed by atoms with van der Waals surface area (Å²) in [6.07, 6.45) is 1.68. The average Bonchev–Trinajstić information content (AvgIpc) is 2.54. The normalized spacial score (nSPS) is 22.3. The molecule has 25 heavy (non-hydrogen) atoms. The molecule has 1 aliphatic carbocycles. The molecule has 1 saturated carbocycles. The molecule has 7 heteroatoms. The number of carbonyl (C=O) groups is 1. The number of halogens is 1. The van der Waals surface area contributed by atoms with Gasteiger partial charge in [-0.15, -0.1) is 0 Å². The highest BCUT2D eigenvalue weighted by Gasteiger charge is 2.48. The van der Waals surface area contributed by atoms with Crippen molar-refractivity contribution in [1.82, 2.24) is 4.57 Å². The van der Waals surface area contributed by atoms with Crippen molar-refractivity contribution in [1.29, 1.82) is 0 Å². The van der Waals surface area contributed by atoms with Gasteiger partial charge in [-0.25, -0.2) is 4.39 Å². The monoisotopic (exact) mass is 345 g/mol. The molecule has 0 bridgehead atoms. The zero-order valence-electron chi connectivity index (χ0n) is 13.6. The summed E-state index contributed by atoms with van der Waals surface area (Å²) in [4.78, 5) is 24.5. The minimum Gasteiger partial charge on any atom is -0.393 e. The van der Waals surface area contributed by atoms with Gasteiger partial charge in [0.25, 0.3) is 5.56 Å². The fraction of sp³-hybridized carbons (Fsp3) is 0.333.